The highest BCUT2D eigenvalue weighted by Gasteiger charge is 2.16. The fraction of sp³-hybridized carbons (Fsp3) is 0.0714. The van der Waals surface area contributed by atoms with Crippen molar-refractivity contribution < 1.29 is 5.48 Å². The van der Waals surface area contributed by atoms with E-state index in [4.69, 9.17) is 19.1 Å². The van der Waals surface area contributed by atoms with E-state index in [9.17, 15) is 1.37 Å². The molecule has 0 bridgehead atoms. The zero-order valence-corrected chi connectivity index (χ0v) is 27.0. The lowest BCUT2D eigenvalue weighted by Gasteiger charge is -2.17. The minimum absolute atomic E-state index is 0.0754. The topological polar surface area (TPSA) is 38.7 Å². The summed E-state index contributed by atoms with van der Waals surface area (Å²) in [6, 6.07) is 43.1. The molecule has 0 radical (unpaired) electrons. The Kier molecular flexibility index (Phi) is 6.75. The molecule has 0 saturated heterocycles. The molecule has 0 atom stereocenters. The standard InChI is InChI=1S/C42H35N3Si/c1-46(2,3)39-25-23-30(24-26-39)33-17-10-18-34(27-33)35-19-11-20-36(28-35)37-21-12-22-38(29-37)42-44-40(31-13-6-4-7-14-31)43-41(45-42)32-15-8-5-9-16-32/h4-29H,1-3H3/i12D,21D,22D,29D. The predicted molar refractivity (Wildman–Crippen MR) is 195 cm³/mol. The van der Waals surface area contributed by atoms with Crippen molar-refractivity contribution in [3.05, 3.63) is 158 Å². The summed E-state index contributed by atoms with van der Waals surface area (Å²) in [7, 11) is -1.41. The summed E-state index contributed by atoms with van der Waals surface area (Å²) in [4.78, 5) is 14.2. The molecule has 3 nitrogen and oxygen atoms in total. The highest BCUT2D eigenvalue weighted by molar-refractivity contribution is 6.88. The van der Waals surface area contributed by atoms with Crippen LogP contribution in [0.2, 0.25) is 19.6 Å². The average molecular weight is 614 g/mol. The molecule has 0 unspecified atom stereocenters. The molecule has 1 aromatic heterocycles. The number of hydrogen-bond donors (Lipinski definition) is 0. The first-order chi connectivity index (χ1) is 24.1. The lowest BCUT2D eigenvalue weighted by atomic mass is 9.95. The van der Waals surface area contributed by atoms with Crippen LogP contribution in [0.15, 0.2) is 158 Å². The largest absolute Gasteiger partial charge is 0.208 e. The van der Waals surface area contributed by atoms with E-state index >= 15 is 0 Å². The van der Waals surface area contributed by atoms with Crippen molar-refractivity contribution >= 4 is 13.3 Å². The molecule has 222 valence electrons. The highest BCUT2D eigenvalue weighted by Crippen LogP contribution is 2.32. The van der Waals surface area contributed by atoms with Gasteiger partial charge in [-0.25, -0.2) is 15.0 Å². The zero-order valence-electron chi connectivity index (χ0n) is 30.0. The zero-order chi connectivity index (χ0) is 35.0. The van der Waals surface area contributed by atoms with Gasteiger partial charge < -0.3 is 0 Å². The molecule has 0 amide bonds. The third-order valence-electron chi connectivity index (χ3n) is 7.98. The third-order valence-corrected chi connectivity index (χ3v) is 10.0. The van der Waals surface area contributed by atoms with Gasteiger partial charge >= 0.3 is 0 Å². The maximum atomic E-state index is 9.41. The van der Waals surface area contributed by atoms with Crippen molar-refractivity contribution in [3.8, 4) is 67.5 Å². The third kappa shape index (κ3) is 6.34. The van der Waals surface area contributed by atoms with Gasteiger partial charge in [-0.05, 0) is 51.6 Å². The molecule has 6 aromatic carbocycles. The van der Waals surface area contributed by atoms with Gasteiger partial charge in [-0.1, -0.05) is 164 Å². The molecular formula is C42H35N3Si. The molecule has 0 fully saturated rings. The number of rotatable bonds is 7. The minimum atomic E-state index is -1.41. The first-order valence-corrected chi connectivity index (χ1v) is 18.9. The Morgan fingerprint density at radius 3 is 1.33 bits per heavy atom. The van der Waals surface area contributed by atoms with Crippen LogP contribution in [0.25, 0.3) is 67.5 Å². The molecule has 0 aliphatic rings. The normalized spacial score (nSPS) is 12.6. The van der Waals surface area contributed by atoms with Gasteiger partial charge in [-0.2, -0.15) is 0 Å². The second-order valence-electron chi connectivity index (χ2n) is 12.3. The van der Waals surface area contributed by atoms with E-state index in [1.165, 1.54) is 5.19 Å². The molecule has 0 saturated carbocycles. The first kappa shape index (κ1) is 24.8. The Balaban J connectivity index is 1.34. The molecular weight excluding hydrogens is 575 g/mol. The van der Waals surface area contributed by atoms with Gasteiger partial charge in [0, 0.05) is 16.7 Å². The second kappa shape index (κ2) is 12.5. The fourth-order valence-electron chi connectivity index (χ4n) is 5.42. The van der Waals surface area contributed by atoms with Crippen LogP contribution >= 0.6 is 0 Å². The molecule has 0 aliphatic heterocycles. The molecule has 7 aromatic rings. The molecule has 0 spiro atoms. The Labute approximate surface area is 278 Å². The van der Waals surface area contributed by atoms with Crippen LogP contribution in [0.5, 0.6) is 0 Å². The lowest BCUT2D eigenvalue weighted by molar-refractivity contribution is 1.07. The summed E-state index contributed by atoms with van der Waals surface area (Å²) in [5.41, 5.74) is 6.64. The Morgan fingerprint density at radius 2 is 0.826 bits per heavy atom. The summed E-state index contributed by atoms with van der Waals surface area (Å²) < 4.78 is 36.1. The van der Waals surface area contributed by atoms with Gasteiger partial charge in [0.05, 0.1) is 13.6 Å². The number of hydrogen-bond acceptors (Lipinski definition) is 3. The fourth-order valence-corrected chi connectivity index (χ4v) is 6.58. The number of nitrogens with zero attached hydrogens (tertiary/aromatic N) is 3. The minimum Gasteiger partial charge on any atom is -0.208 e. The highest BCUT2D eigenvalue weighted by atomic mass is 28.3. The summed E-state index contributed by atoms with van der Waals surface area (Å²) in [6.07, 6.45) is 0. The summed E-state index contributed by atoms with van der Waals surface area (Å²) in [5, 5.41) is 1.42. The van der Waals surface area contributed by atoms with Crippen LogP contribution in [0, 0.1) is 0 Å². The van der Waals surface area contributed by atoms with Gasteiger partial charge in [0.25, 0.3) is 0 Å². The Hall–Kier alpha value is -5.45. The van der Waals surface area contributed by atoms with Crippen LogP contribution in [0.3, 0.4) is 0 Å². The van der Waals surface area contributed by atoms with Crippen LogP contribution in [-0.4, -0.2) is 23.0 Å². The summed E-state index contributed by atoms with van der Waals surface area (Å²) >= 11 is 0. The van der Waals surface area contributed by atoms with E-state index in [1.807, 2.05) is 91.0 Å². The first-order valence-electron chi connectivity index (χ1n) is 17.4. The van der Waals surface area contributed by atoms with Crippen molar-refractivity contribution in [2.24, 2.45) is 0 Å². The predicted octanol–water partition coefficient (Wildman–Crippen LogP) is 10.4. The molecule has 4 heteroatoms. The van der Waals surface area contributed by atoms with E-state index in [0.29, 0.717) is 17.2 Å². The van der Waals surface area contributed by atoms with Crippen molar-refractivity contribution in [2.45, 2.75) is 19.6 Å². The Bertz CT molecular complexity index is 2280. The second-order valence-corrected chi connectivity index (χ2v) is 17.4. The number of benzene rings is 6. The maximum absolute atomic E-state index is 9.41. The van der Waals surface area contributed by atoms with E-state index in [-0.39, 0.29) is 41.1 Å². The molecule has 46 heavy (non-hydrogen) atoms. The average Bonchev–Trinajstić information content (AvgIpc) is 3.14. The van der Waals surface area contributed by atoms with Crippen LogP contribution < -0.4 is 5.19 Å². The van der Waals surface area contributed by atoms with E-state index in [1.54, 1.807) is 0 Å². The van der Waals surface area contributed by atoms with Crippen LogP contribution in [0.4, 0.5) is 0 Å². The maximum Gasteiger partial charge on any atom is 0.164 e. The SMILES string of the molecule is [2H]c1c([2H])c(-c2cccc(-c3cccc(-c4ccc([Si](C)(C)C)cc4)c3)c2)c([2H])c(-c2nc(-c3ccccc3)nc(-c3ccccc3)n2)c1[2H]. The van der Waals surface area contributed by atoms with Gasteiger partial charge in [0.2, 0.25) is 0 Å². The van der Waals surface area contributed by atoms with E-state index < -0.39 is 8.07 Å². The van der Waals surface area contributed by atoms with Crippen molar-refractivity contribution in [1.82, 2.24) is 15.0 Å². The van der Waals surface area contributed by atoms with Gasteiger partial charge in [-0.15, -0.1) is 0 Å². The molecule has 1 heterocycles. The Morgan fingerprint density at radius 1 is 0.413 bits per heavy atom. The smallest absolute Gasteiger partial charge is 0.164 e. The van der Waals surface area contributed by atoms with Gasteiger partial charge in [-0.3, -0.25) is 0 Å². The van der Waals surface area contributed by atoms with Gasteiger partial charge in [0.1, 0.15) is 0 Å². The molecule has 7 rings (SSSR count). The van der Waals surface area contributed by atoms with Crippen molar-refractivity contribution in [1.29, 1.82) is 0 Å². The number of aromatic nitrogens is 3. The van der Waals surface area contributed by atoms with Crippen LogP contribution in [0.1, 0.15) is 5.48 Å². The van der Waals surface area contributed by atoms with Gasteiger partial charge in [0.15, 0.2) is 17.5 Å². The quantitative estimate of drug-likeness (QED) is 0.168. The van der Waals surface area contributed by atoms with Crippen molar-refractivity contribution in [2.75, 3.05) is 0 Å². The van der Waals surface area contributed by atoms with E-state index in [0.717, 1.165) is 33.4 Å². The lowest BCUT2D eigenvalue weighted by Crippen LogP contribution is -2.37. The molecule has 0 N–H and O–H groups in total. The monoisotopic (exact) mass is 613 g/mol. The molecule has 0 aliphatic carbocycles. The van der Waals surface area contributed by atoms with Crippen LogP contribution in [-0.2, 0) is 0 Å². The summed E-state index contributed by atoms with van der Waals surface area (Å²) in [6.45, 7) is 7.04. The van der Waals surface area contributed by atoms with Crippen molar-refractivity contribution in [3.63, 3.8) is 0 Å². The summed E-state index contributed by atoms with van der Waals surface area (Å²) in [5.74, 6) is 0.910. The van der Waals surface area contributed by atoms with E-state index in [2.05, 4.69) is 62.1 Å².